The molecule has 2 heterocycles. The summed E-state index contributed by atoms with van der Waals surface area (Å²) >= 11 is 7.76. The third-order valence-electron chi connectivity index (χ3n) is 4.68. The first-order valence-corrected chi connectivity index (χ1v) is 10.4. The second-order valence-electron chi connectivity index (χ2n) is 6.52. The monoisotopic (exact) mass is 429 g/mol. The van der Waals surface area contributed by atoms with E-state index in [-0.39, 0.29) is 5.82 Å². The first-order chi connectivity index (χ1) is 14.0. The molecule has 0 unspecified atom stereocenters. The highest BCUT2D eigenvalue weighted by Gasteiger charge is 2.16. The zero-order valence-electron chi connectivity index (χ0n) is 15.8. The van der Waals surface area contributed by atoms with Crippen LogP contribution in [0.2, 0.25) is 5.02 Å². The van der Waals surface area contributed by atoms with Gasteiger partial charge in [-0.2, -0.15) is 0 Å². The molecule has 0 atom stereocenters. The van der Waals surface area contributed by atoms with E-state index in [4.69, 9.17) is 16.0 Å². The average molecular weight is 430 g/mol. The van der Waals surface area contributed by atoms with Crippen molar-refractivity contribution in [2.45, 2.75) is 24.3 Å². The topological polar surface area (TPSA) is 60.9 Å². The van der Waals surface area contributed by atoms with Crippen molar-refractivity contribution in [3.63, 3.8) is 0 Å². The van der Waals surface area contributed by atoms with Crippen LogP contribution in [0, 0.1) is 5.82 Å². The zero-order chi connectivity index (χ0) is 20.5. The molecule has 8 heteroatoms. The average Bonchev–Trinajstić information content (AvgIpc) is 3.06. The summed E-state index contributed by atoms with van der Waals surface area (Å²) in [5.74, 6) is 0.555. The summed E-state index contributed by atoms with van der Waals surface area (Å²) in [5, 5.41) is 10.3. The van der Waals surface area contributed by atoms with E-state index in [2.05, 4.69) is 10.2 Å². The Hall–Kier alpha value is -2.64. The molecule has 0 radical (unpaired) electrons. The largest absolute Gasteiger partial charge is 0.423 e. The van der Waals surface area contributed by atoms with Crippen molar-refractivity contribution in [1.29, 1.82) is 0 Å². The van der Waals surface area contributed by atoms with E-state index in [1.54, 1.807) is 29.8 Å². The number of hydrogen-bond acceptors (Lipinski definition) is 5. The van der Waals surface area contributed by atoms with E-state index < -0.39 is 5.63 Å². The van der Waals surface area contributed by atoms with Crippen LogP contribution in [0.3, 0.4) is 0 Å². The molecule has 0 fully saturated rings. The van der Waals surface area contributed by atoms with Crippen molar-refractivity contribution in [3.05, 3.63) is 74.9 Å². The molecule has 0 amide bonds. The second-order valence-corrected chi connectivity index (χ2v) is 7.87. The summed E-state index contributed by atoms with van der Waals surface area (Å²) in [7, 11) is 1.78. The quantitative estimate of drug-likeness (QED) is 0.321. The molecule has 5 nitrogen and oxygen atoms in total. The lowest BCUT2D eigenvalue weighted by molar-refractivity contribution is 0.559. The van der Waals surface area contributed by atoms with Gasteiger partial charge in [-0.05, 0) is 41.8 Å². The summed E-state index contributed by atoms with van der Waals surface area (Å²) in [6, 6.07) is 11.5. The molecule has 0 aliphatic rings. The molecule has 0 spiro atoms. The SMILES string of the molecule is CCc1cc2oc(=O)cc(CSc3nnc(-c4ccccc4F)n3C)c2cc1Cl. The fourth-order valence-corrected chi connectivity index (χ4v) is 4.34. The molecule has 0 saturated carbocycles. The molecule has 148 valence electrons. The van der Waals surface area contributed by atoms with E-state index in [1.165, 1.54) is 23.9 Å². The van der Waals surface area contributed by atoms with Gasteiger partial charge in [0.2, 0.25) is 0 Å². The number of rotatable bonds is 5. The molecule has 0 bridgehead atoms. The number of halogens is 2. The summed E-state index contributed by atoms with van der Waals surface area (Å²) in [5.41, 5.74) is 2.21. The Labute approximate surface area is 175 Å². The van der Waals surface area contributed by atoms with Crippen LogP contribution in [-0.2, 0) is 19.2 Å². The van der Waals surface area contributed by atoms with Gasteiger partial charge in [0.1, 0.15) is 11.4 Å². The minimum Gasteiger partial charge on any atom is -0.423 e. The lowest BCUT2D eigenvalue weighted by atomic mass is 10.1. The third kappa shape index (κ3) is 3.80. The van der Waals surface area contributed by atoms with Gasteiger partial charge in [-0.1, -0.05) is 42.4 Å². The van der Waals surface area contributed by atoms with E-state index in [9.17, 15) is 9.18 Å². The van der Waals surface area contributed by atoms with Crippen LogP contribution < -0.4 is 5.63 Å². The Morgan fingerprint density at radius 3 is 2.72 bits per heavy atom. The number of nitrogens with zero attached hydrogens (tertiary/aromatic N) is 3. The molecule has 2 aromatic heterocycles. The van der Waals surface area contributed by atoms with Gasteiger partial charge in [0.15, 0.2) is 11.0 Å². The molecule has 0 aliphatic heterocycles. The molecule has 2 aromatic carbocycles. The molecular formula is C21H17ClFN3O2S. The fourth-order valence-electron chi connectivity index (χ4n) is 3.14. The lowest BCUT2D eigenvalue weighted by Gasteiger charge is -2.08. The first kappa shape index (κ1) is 19.7. The standard InChI is InChI=1S/C21H17ClFN3O2S/c1-3-12-8-18-15(10-16(12)22)13(9-19(27)28-18)11-29-21-25-24-20(26(21)2)14-6-4-5-7-17(14)23/h4-10H,3,11H2,1-2H3. The van der Waals surface area contributed by atoms with E-state index in [1.807, 2.05) is 19.1 Å². The first-order valence-electron chi connectivity index (χ1n) is 9.00. The summed E-state index contributed by atoms with van der Waals surface area (Å²) in [6.07, 6.45) is 0.745. The lowest BCUT2D eigenvalue weighted by Crippen LogP contribution is -2.01. The Bertz CT molecular complexity index is 1270. The molecule has 4 aromatic rings. The Kier molecular flexibility index (Phi) is 5.43. The molecule has 0 aliphatic carbocycles. The minimum absolute atomic E-state index is 0.354. The number of aromatic nitrogens is 3. The normalized spacial score (nSPS) is 11.3. The van der Waals surface area contributed by atoms with E-state index >= 15 is 0 Å². The van der Waals surface area contributed by atoms with Crippen molar-refractivity contribution in [1.82, 2.24) is 14.8 Å². The number of aryl methyl sites for hydroxylation is 1. The molecular weight excluding hydrogens is 413 g/mol. The zero-order valence-corrected chi connectivity index (χ0v) is 17.4. The van der Waals surface area contributed by atoms with Gasteiger partial charge in [0.05, 0.1) is 5.56 Å². The van der Waals surface area contributed by atoms with Crippen LogP contribution in [0.25, 0.3) is 22.4 Å². The van der Waals surface area contributed by atoms with E-state index in [0.717, 1.165) is 22.9 Å². The predicted octanol–water partition coefficient (Wildman–Crippen LogP) is 5.24. The smallest absolute Gasteiger partial charge is 0.336 e. The van der Waals surface area contributed by atoms with Crippen LogP contribution in [0.1, 0.15) is 18.1 Å². The fraction of sp³-hybridized carbons (Fsp3) is 0.190. The Morgan fingerprint density at radius 2 is 1.97 bits per heavy atom. The maximum Gasteiger partial charge on any atom is 0.336 e. The van der Waals surface area contributed by atoms with Crippen LogP contribution in [0.5, 0.6) is 0 Å². The number of fused-ring (bicyclic) bond motifs is 1. The molecule has 29 heavy (non-hydrogen) atoms. The number of benzene rings is 2. The molecule has 0 N–H and O–H groups in total. The van der Waals surface area contributed by atoms with Crippen LogP contribution in [0.4, 0.5) is 4.39 Å². The van der Waals surface area contributed by atoms with Crippen LogP contribution in [0.15, 0.2) is 56.8 Å². The van der Waals surface area contributed by atoms with Gasteiger partial charge in [-0.25, -0.2) is 9.18 Å². The number of thioether (sulfide) groups is 1. The maximum atomic E-state index is 14.1. The van der Waals surface area contributed by atoms with Crippen LogP contribution >= 0.6 is 23.4 Å². The minimum atomic E-state index is -0.414. The van der Waals surface area contributed by atoms with Gasteiger partial charge >= 0.3 is 5.63 Å². The summed E-state index contributed by atoms with van der Waals surface area (Å²) in [6.45, 7) is 1.99. The van der Waals surface area contributed by atoms with Gasteiger partial charge in [0.25, 0.3) is 0 Å². The van der Waals surface area contributed by atoms with Gasteiger partial charge < -0.3 is 8.98 Å². The van der Waals surface area contributed by atoms with Crippen molar-refractivity contribution < 1.29 is 8.81 Å². The highest BCUT2D eigenvalue weighted by molar-refractivity contribution is 7.98. The van der Waals surface area contributed by atoms with Crippen molar-refractivity contribution in [2.75, 3.05) is 0 Å². The van der Waals surface area contributed by atoms with Gasteiger partial charge in [-0.15, -0.1) is 10.2 Å². The highest BCUT2D eigenvalue weighted by atomic mass is 35.5. The second kappa shape index (κ2) is 8.00. The molecule has 4 rings (SSSR count). The van der Waals surface area contributed by atoms with Crippen molar-refractivity contribution >= 4 is 34.3 Å². The highest BCUT2D eigenvalue weighted by Crippen LogP contribution is 2.31. The number of hydrogen-bond donors (Lipinski definition) is 0. The predicted molar refractivity (Wildman–Crippen MR) is 113 cm³/mol. The van der Waals surface area contributed by atoms with Crippen molar-refractivity contribution in [2.24, 2.45) is 7.05 Å². The summed E-state index contributed by atoms with van der Waals surface area (Å²) < 4.78 is 21.2. The van der Waals surface area contributed by atoms with Gasteiger partial charge in [-0.3, -0.25) is 0 Å². The maximum absolute atomic E-state index is 14.1. The van der Waals surface area contributed by atoms with Crippen molar-refractivity contribution in [3.8, 4) is 11.4 Å². The third-order valence-corrected chi connectivity index (χ3v) is 6.11. The molecule has 0 saturated heterocycles. The van der Waals surface area contributed by atoms with Crippen LogP contribution in [-0.4, -0.2) is 14.8 Å². The Morgan fingerprint density at radius 1 is 1.17 bits per heavy atom. The summed E-state index contributed by atoms with van der Waals surface area (Å²) in [4.78, 5) is 12.0. The van der Waals surface area contributed by atoms with Gasteiger partial charge in [0, 0.05) is 29.3 Å². The Balaban J connectivity index is 1.67. The van der Waals surface area contributed by atoms with E-state index in [0.29, 0.717) is 32.9 Å².